The number of rotatable bonds is 11. The van der Waals surface area contributed by atoms with Gasteiger partial charge in [0.05, 0.1) is 6.10 Å². The predicted molar refractivity (Wildman–Crippen MR) is 71.8 cm³/mol. The average molecular weight is 225 g/mol. The molecule has 0 saturated heterocycles. The third-order valence-electron chi connectivity index (χ3n) is 2.49. The van der Waals surface area contributed by atoms with Gasteiger partial charge >= 0.3 is 0 Å². The molecule has 0 N–H and O–H groups in total. The standard InChI is InChI=1S/C14H27NO/c1-5-7-10-14(11-8-6-2)16-13-9-12-15(3)4/h5-6,14H,1-2,7-13H2,3-4H3. The maximum absolute atomic E-state index is 5.87. The van der Waals surface area contributed by atoms with Crippen LogP contribution >= 0.6 is 0 Å². The van der Waals surface area contributed by atoms with Gasteiger partial charge < -0.3 is 9.64 Å². The van der Waals surface area contributed by atoms with Gasteiger partial charge in [0.1, 0.15) is 0 Å². The fraction of sp³-hybridized carbons (Fsp3) is 0.714. The lowest BCUT2D eigenvalue weighted by Gasteiger charge is -2.17. The van der Waals surface area contributed by atoms with Crippen LogP contribution in [0.3, 0.4) is 0 Å². The summed E-state index contributed by atoms with van der Waals surface area (Å²) in [5, 5.41) is 0. The van der Waals surface area contributed by atoms with E-state index in [2.05, 4.69) is 32.2 Å². The normalized spacial score (nSPS) is 11.0. The van der Waals surface area contributed by atoms with Gasteiger partial charge in [-0.3, -0.25) is 0 Å². The van der Waals surface area contributed by atoms with Gasteiger partial charge in [-0.1, -0.05) is 12.2 Å². The Labute approximate surface area is 101 Å². The van der Waals surface area contributed by atoms with Gasteiger partial charge in [0.2, 0.25) is 0 Å². The molecule has 0 saturated carbocycles. The molecule has 0 fully saturated rings. The van der Waals surface area contributed by atoms with Gasteiger partial charge in [-0.2, -0.15) is 0 Å². The Hall–Kier alpha value is -0.600. The maximum Gasteiger partial charge on any atom is 0.0581 e. The summed E-state index contributed by atoms with van der Waals surface area (Å²) < 4.78 is 5.87. The minimum Gasteiger partial charge on any atom is -0.378 e. The summed E-state index contributed by atoms with van der Waals surface area (Å²) in [5.74, 6) is 0. The smallest absolute Gasteiger partial charge is 0.0581 e. The molecule has 0 amide bonds. The lowest BCUT2D eigenvalue weighted by atomic mass is 10.1. The SMILES string of the molecule is C=CCCC(CCC=C)OCCCN(C)C. The molecule has 0 rings (SSSR count). The Morgan fingerprint density at radius 3 is 2.12 bits per heavy atom. The van der Waals surface area contributed by atoms with Crippen LogP contribution in [0.5, 0.6) is 0 Å². The number of ether oxygens (including phenoxy) is 1. The first-order chi connectivity index (χ1) is 7.70. The molecular weight excluding hydrogens is 198 g/mol. The molecule has 0 aliphatic heterocycles. The Balaban J connectivity index is 3.63. The predicted octanol–water partition coefficient (Wildman–Crippen LogP) is 3.26. The van der Waals surface area contributed by atoms with Gasteiger partial charge in [0.15, 0.2) is 0 Å². The van der Waals surface area contributed by atoms with E-state index in [1.54, 1.807) is 0 Å². The molecule has 0 aromatic heterocycles. The minimum absolute atomic E-state index is 0.373. The quantitative estimate of drug-likeness (QED) is 0.395. The first-order valence-electron chi connectivity index (χ1n) is 6.18. The second-order valence-electron chi connectivity index (χ2n) is 4.38. The third-order valence-corrected chi connectivity index (χ3v) is 2.49. The summed E-state index contributed by atoms with van der Waals surface area (Å²) in [6, 6.07) is 0. The van der Waals surface area contributed by atoms with E-state index in [1.165, 1.54) is 0 Å². The zero-order valence-corrected chi connectivity index (χ0v) is 11.0. The van der Waals surface area contributed by atoms with Crippen LogP contribution in [0.4, 0.5) is 0 Å². The topological polar surface area (TPSA) is 12.5 Å². The summed E-state index contributed by atoms with van der Waals surface area (Å²) >= 11 is 0. The molecule has 16 heavy (non-hydrogen) atoms. The second-order valence-corrected chi connectivity index (χ2v) is 4.38. The number of hydrogen-bond donors (Lipinski definition) is 0. The average Bonchev–Trinajstić information content (AvgIpc) is 2.26. The molecule has 0 unspecified atom stereocenters. The Bertz CT molecular complexity index is 166. The van der Waals surface area contributed by atoms with Crippen LogP contribution in [0, 0.1) is 0 Å². The molecule has 94 valence electrons. The van der Waals surface area contributed by atoms with Crippen molar-refractivity contribution in [2.75, 3.05) is 27.2 Å². The Morgan fingerprint density at radius 1 is 1.12 bits per heavy atom. The maximum atomic E-state index is 5.87. The highest BCUT2D eigenvalue weighted by atomic mass is 16.5. The van der Waals surface area contributed by atoms with E-state index in [9.17, 15) is 0 Å². The first kappa shape index (κ1) is 15.4. The molecule has 0 heterocycles. The Morgan fingerprint density at radius 2 is 1.69 bits per heavy atom. The van der Waals surface area contributed by atoms with Crippen molar-refractivity contribution in [2.24, 2.45) is 0 Å². The van der Waals surface area contributed by atoms with Gasteiger partial charge in [-0.05, 0) is 52.7 Å². The van der Waals surface area contributed by atoms with Crippen LogP contribution in [-0.4, -0.2) is 38.3 Å². The van der Waals surface area contributed by atoms with Crippen molar-refractivity contribution in [3.8, 4) is 0 Å². The highest BCUT2D eigenvalue weighted by Gasteiger charge is 2.06. The number of allylic oxidation sites excluding steroid dienone is 2. The van der Waals surface area contributed by atoms with Crippen LogP contribution in [0.25, 0.3) is 0 Å². The van der Waals surface area contributed by atoms with Crippen molar-refractivity contribution in [1.82, 2.24) is 4.90 Å². The summed E-state index contributed by atoms with van der Waals surface area (Å²) in [6.07, 6.45) is 9.64. The monoisotopic (exact) mass is 225 g/mol. The summed E-state index contributed by atoms with van der Waals surface area (Å²) in [5.41, 5.74) is 0. The van der Waals surface area contributed by atoms with E-state index in [0.29, 0.717) is 6.10 Å². The van der Waals surface area contributed by atoms with E-state index in [-0.39, 0.29) is 0 Å². The van der Waals surface area contributed by atoms with Crippen LogP contribution < -0.4 is 0 Å². The van der Waals surface area contributed by atoms with Crippen molar-refractivity contribution >= 4 is 0 Å². The first-order valence-corrected chi connectivity index (χ1v) is 6.18. The van der Waals surface area contributed by atoms with Gasteiger partial charge in [0, 0.05) is 6.61 Å². The van der Waals surface area contributed by atoms with Crippen LogP contribution in [-0.2, 0) is 4.74 Å². The zero-order chi connectivity index (χ0) is 12.2. The van der Waals surface area contributed by atoms with Crippen molar-refractivity contribution in [1.29, 1.82) is 0 Å². The van der Waals surface area contributed by atoms with E-state index >= 15 is 0 Å². The summed E-state index contributed by atoms with van der Waals surface area (Å²) in [6.45, 7) is 9.45. The molecule has 0 atom stereocenters. The summed E-state index contributed by atoms with van der Waals surface area (Å²) in [4.78, 5) is 2.19. The molecule has 0 aliphatic carbocycles. The zero-order valence-electron chi connectivity index (χ0n) is 11.0. The van der Waals surface area contributed by atoms with Crippen molar-refractivity contribution in [3.63, 3.8) is 0 Å². The van der Waals surface area contributed by atoms with Gasteiger partial charge in [-0.15, -0.1) is 13.2 Å². The molecule has 0 bridgehead atoms. The lowest BCUT2D eigenvalue weighted by Crippen LogP contribution is -2.18. The number of hydrogen-bond acceptors (Lipinski definition) is 2. The van der Waals surface area contributed by atoms with Gasteiger partial charge in [-0.25, -0.2) is 0 Å². The summed E-state index contributed by atoms with van der Waals surface area (Å²) in [7, 11) is 4.18. The van der Waals surface area contributed by atoms with Crippen molar-refractivity contribution in [2.45, 2.75) is 38.2 Å². The molecule has 0 aliphatic rings. The molecular formula is C14H27NO. The fourth-order valence-electron chi connectivity index (χ4n) is 1.55. The van der Waals surface area contributed by atoms with Crippen LogP contribution in [0.1, 0.15) is 32.1 Å². The van der Waals surface area contributed by atoms with Crippen LogP contribution in [0.2, 0.25) is 0 Å². The molecule has 0 radical (unpaired) electrons. The molecule has 0 spiro atoms. The Kier molecular flexibility index (Phi) is 10.5. The van der Waals surface area contributed by atoms with Crippen LogP contribution in [0.15, 0.2) is 25.3 Å². The minimum atomic E-state index is 0.373. The van der Waals surface area contributed by atoms with Crippen molar-refractivity contribution < 1.29 is 4.74 Å². The van der Waals surface area contributed by atoms with E-state index < -0.39 is 0 Å². The highest BCUT2D eigenvalue weighted by Crippen LogP contribution is 2.10. The van der Waals surface area contributed by atoms with E-state index in [1.807, 2.05) is 12.2 Å². The highest BCUT2D eigenvalue weighted by molar-refractivity contribution is 4.74. The molecule has 0 aromatic carbocycles. The van der Waals surface area contributed by atoms with Gasteiger partial charge in [0.25, 0.3) is 0 Å². The van der Waals surface area contributed by atoms with E-state index in [4.69, 9.17) is 4.74 Å². The third kappa shape index (κ3) is 9.94. The fourth-order valence-corrected chi connectivity index (χ4v) is 1.55. The molecule has 2 nitrogen and oxygen atoms in total. The number of nitrogens with zero attached hydrogens (tertiary/aromatic N) is 1. The largest absolute Gasteiger partial charge is 0.378 e. The lowest BCUT2D eigenvalue weighted by molar-refractivity contribution is 0.0389. The second kappa shape index (κ2) is 10.9. The molecule has 0 aromatic rings. The van der Waals surface area contributed by atoms with Crippen molar-refractivity contribution in [3.05, 3.63) is 25.3 Å². The molecule has 2 heteroatoms. The van der Waals surface area contributed by atoms with E-state index in [0.717, 1.165) is 45.3 Å².